The average Bonchev–Trinajstić information content (AvgIpc) is 2.90. The van der Waals surface area contributed by atoms with Crippen molar-refractivity contribution in [3.05, 3.63) is 54.4 Å². The molecular formula is C14H11N5OS. The number of nitrogens with zero attached hydrogens (tertiary/aromatic N) is 3. The van der Waals surface area contributed by atoms with E-state index in [-0.39, 0.29) is 5.24 Å². The van der Waals surface area contributed by atoms with Crippen molar-refractivity contribution in [2.45, 2.75) is 5.16 Å². The summed E-state index contributed by atoms with van der Waals surface area (Å²) in [6.07, 6.45) is 4.87. The van der Waals surface area contributed by atoms with Crippen molar-refractivity contribution in [2.24, 2.45) is 5.10 Å². The monoisotopic (exact) mass is 297 g/mol. The van der Waals surface area contributed by atoms with Gasteiger partial charge in [0.1, 0.15) is 0 Å². The van der Waals surface area contributed by atoms with Gasteiger partial charge < -0.3 is 4.98 Å². The lowest BCUT2D eigenvalue weighted by atomic mass is 10.3. The standard InChI is InChI=1S/C14H11N5OS/c20-14(19-16-9-10-5-7-15-8-6-10)21-13-17-11-3-1-2-4-12(11)18-13/h1-9H,(H,17,18)(H,19,20)/b16-9-. The Morgan fingerprint density at radius 2 is 2.05 bits per heavy atom. The minimum atomic E-state index is -0.306. The zero-order valence-electron chi connectivity index (χ0n) is 10.9. The van der Waals surface area contributed by atoms with Crippen LogP contribution in [-0.2, 0) is 0 Å². The lowest BCUT2D eigenvalue weighted by Crippen LogP contribution is -2.11. The molecule has 7 heteroatoms. The number of thioether (sulfide) groups is 1. The number of aromatic nitrogens is 3. The highest BCUT2D eigenvalue weighted by molar-refractivity contribution is 8.13. The van der Waals surface area contributed by atoms with E-state index in [0.717, 1.165) is 28.4 Å². The molecule has 2 N–H and O–H groups in total. The van der Waals surface area contributed by atoms with Crippen LogP contribution in [0.25, 0.3) is 11.0 Å². The molecule has 3 aromatic rings. The predicted octanol–water partition coefficient (Wildman–Crippen LogP) is 2.79. The molecule has 6 nitrogen and oxygen atoms in total. The number of pyridine rings is 1. The van der Waals surface area contributed by atoms with Crippen LogP contribution in [0.5, 0.6) is 0 Å². The van der Waals surface area contributed by atoms with E-state index in [0.29, 0.717) is 5.16 Å². The number of carbonyl (C=O) groups is 1. The molecule has 21 heavy (non-hydrogen) atoms. The SMILES string of the molecule is O=C(N/N=C\c1ccncc1)Sc1nc2ccccc2[nH]1. The first-order valence-corrected chi connectivity index (χ1v) is 6.98. The molecule has 1 aromatic carbocycles. The summed E-state index contributed by atoms with van der Waals surface area (Å²) in [5, 5.41) is 4.11. The van der Waals surface area contributed by atoms with E-state index < -0.39 is 0 Å². The Kier molecular flexibility index (Phi) is 3.92. The summed E-state index contributed by atoms with van der Waals surface area (Å²) in [4.78, 5) is 23.0. The van der Waals surface area contributed by atoms with Crippen LogP contribution in [-0.4, -0.2) is 26.4 Å². The fourth-order valence-corrected chi connectivity index (χ4v) is 2.28. The van der Waals surface area contributed by atoms with Gasteiger partial charge in [-0.05, 0) is 29.8 Å². The van der Waals surface area contributed by atoms with E-state index >= 15 is 0 Å². The topological polar surface area (TPSA) is 83.0 Å². The number of hydrazone groups is 1. The third-order valence-corrected chi connectivity index (χ3v) is 3.30. The molecule has 2 heterocycles. The number of benzene rings is 1. The molecule has 2 aromatic heterocycles. The number of carbonyl (C=O) groups excluding carboxylic acids is 1. The molecule has 0 radical (unpaired) electrons. The Morgan fingerprint density at radius 3 is 2.86 bits per heavy atom. The van der Waals surface area contributed by atoms with E-state index in [1.165, 1.54) is 0 Å². The van der Waals surface area contributed by atoms with Crippen molar-refractivity contribution in [1.29, 1.82) is 0 Å². The minimum Gasteiger partial charge on any atom is -0.332 e. The summed E-state index contributed by atoms with van der Waals surface area (Å²) >= 11 is 0.962. The summed E-state index contributed by atoms with van der Waals surface area (Å²) in [6.45, 7) is 0. The number of hydrogen-bond acceptors (Lipinski definition) is 5. The first-order valence-electron chi connectivity index (χ1n) is 6.17. The van der Waals surface area contributed by atoms with Crippen molar-refractivity contribution in [1.82, 2.24) is 20.4 Å². The molecule has 0 bridgehead atoms. The zero-order chi connectivity index (χ0) is 14.5. The normalized spacial score (nSPS) is 11.0. The number of para-hydroxylation sites is 2. The van der Waals surface area contributed by atoms with E-state index in [1.54, 1.807) is 30.7 Å². The zero-order valence-corrected chi connectivity index (χ0v) is 11.7. The van der Waals surface area contributed by atoms with Gasteiger partial charge in [-0.25, -0.2) is 10.4 Å². The van der Waals surface area contributed by atoms with Gasteiger partial charge in [0.05, 0.1) is 17.2 Å². The third-order valence-electron chi connectivity index (χ3n) is 2.63. The number of hydrogen-bond donors (Lipinski definition) is 2. The predicted molar refractivity (Wildman–Crippen MR) is 82.3 cm³/mol. The molecule has 0 unspecified atom stereocenters. The van der Waals surface area contributed by atoms with E-state index in [1.807, 2.05) is 24.3 Å². The van der Waals surface area contributed by atoms with Gasteiger partial charge in [-0.2, -0.15) is 5.10 Å². The average molecular weight is 297 g/mol. The van der Waals surface area contributed by atoms with E-state index in [2.05, 4.69) is 25.5 Å². The number of aromatic amines is 1. The second kappa shape index (κ2) is 6.19. The van der Waals surface area contributed by atoms with Crippen molar-refractivity contribution in [3.63, 3.8) is 0 Å². The quantitative estimate of drug-likeness (QED) is 0.442. The highest BCUT2D eigenvalue weighted by Gasteiger charge is 2.07. The molecule has 0 aliphatic carbocycles. The Morgan fingerprint density at radius 1 is 1.24 bits per heavy atom. The van der Waals surface area contributed by atoms with Gasteiger partial charge >= 0.3 is 5.24 Å². The fourth-order valence-electron chi connectivity index (χ4n) is 1.70. The number of fused-ring (bicyclic) bond motifs is 1. The first kappa shape index (κ1) is 13.3. The van der Waals surface area contributed by atoms with E-state index in [4.69, 9.17) is 0 Å². The maximum Gasteiger partial charge on any atom is 0.306 e. The highest BCUT2D eigenvalue weighted by atomic mass is 32.2. The first-order chi connectivity index (χ1) is 10.3. The molecule has 0 aliphatic rings. The summed E-state index contributed by atoms with van der Waals surface area (Å²) in [7, 11) is 0. The highest BCUT2D eigenvalue weighted by Crippen LogP contribution is 2.19. The summed E-state index contributed by atoms with van der Waals surface area (Å²) in [5.74, 6) is 0. The number of H-pyrrole nitrogens is 1. The van der Waals surface area contributed by atoms with Crippen LogP contribution < -0.4 is 5.43 Å². The van der Waals surface area contributed by atoms with Gasteiger partial charge in [-0.15, -0.1) is 0 Å². The van der Waals surface area contributed by atoms with Gasteiger partial charge in [-0.3, -0.25) is 9.78 Å². The van der Waals surface area contributed by atoms with Crippen molar-refractivity contribution >= 4 is 34.2 Å². The fraction of sp³-hybridized carbons (Fsp3) is 0. The lowest BCUT2D eigenvalue weighted by Gasteiger charge is -1.95. The number of amides is 1. The number of nitrogens with one attached hydrogen (secondary N) is 2. The van der Waals surface area contributed by atoms with Crippen LogP contribution in [0.3, 0.4) is 0 Å². The van der Waals surface area contributed by atoms with Crippen LogP contribution in [0.15, 0.2) is 59.0 Å². The van der Waals surface area contributed by atoms with Gasteiger partial charge in [0.15, 0.2) is 5.16 Å². The van der Waals surface area contributed by atoms with Gasteiger partial charge in [0.25, 0.3) is 0 Å². The number of imidazole rings is 1. The van der Waals surface area contributed by atoms with E-state index in [9.17, 15) is 4.79 Å². The van der Waals surface area contributed by atoms with Crippen molar-refractivity contribution in [3.8, 4) is 0 Å². The van der Waals surface area contributed by atoms with Crippen LogP contribution in [0.4, 0.5) is 4.79 Å². The second-order valence-electron chi connectivity index (χ2n) is 4.10. The Bertz CT molecular complexity index is 751. The molecule has 0 fully saturated rings. The number of rotatable bonds is 3. The molecule has 1 amide bonds. The van der Waals surface area contributed by atoms with Crippen LogP contribution in [0, 0.1) is 0 Å². The summed E-state index contributed by atoms with van der Waals surface area (Å²) in [6, 6.07) is 11.2. The van der Waals surface area contributed by atoms with Crippen molar-refractivity contribution in [2.75, 3.05) is 0 Å². The molecular weight excluding hydrogens is 286 g/mol. The molecule has 0 spiro atoms. The van der Waals surface area contributed by atoms with Gasteiger partial charge in [-0.1, -0.05) is 12.1 Å². The Hall–Kier alpha value is -2.67. The summed E-state index contributed by atoms with van der Waals surface area (Å²) in [5.41, 5.74) is 5.02. The molecule has 3 rings (SSSR count). The molecule has 0 saturated carbocycles. The molecule has 0 aliphatic heterocycles. The minimum absolute atomic E-state index is 0.306. The third kappa shape index (κ3) is 3.46. The largest absolute Gasteiger partial charge is 0.332 e. The summed E-state index contributed by atoms with van der Waals surface area (Å²) < 4.78 is 0. The second-order valence-corrected chi connectivity index (χ2v) is 5.06. The van der Waals surface area contributed by atoms with Crippen LogP contribution in [0.2, 0.25) is 0 Å². The maximum absolute atomic E-state index is 11.7. The van der Waals surface area contributed by atoms with Crippen molar-refractivity contribution < 1.29 is 4.79 Å². The smallest absolute Gasteiger partial charge is 0.306 e. The van der Waals surface area contributed by atoms with Crippen LogP contribution >= 0.6 is 11.8 Å². The Balaban J connectivity index is 1.60. The van der Waals surface area contributed by atoms with Gasteiger partial charge in [0.2, 0.25) is 0 Å². The molecule has 104 valence electrons. The van der Waals surface area contributed by atoms with Crippen LogP contribution in [0.1, 0.15) is 5.56 Å². The Labute approximate surface area is 124 Å². The molecule has 0 atom stereocenters. The maximum atomic E-state index is 11.7. The van der Waals surface area contributed by atoms with Gasteiger partial charge in [0, 0.05) is 24.2 Å². The lowest BCUT2D eigenvalue weighted by molar-refractivity contribution is 0.261. The molecule has 0 saturated heterocycles.